The topological polar surface area (TPSA) is 72.7 Å². The number of hydrogen-bond acceptors (Lipinski definition) is 4. The van der Waals surface area contributed by atoms with Crippen molar-refractivity contribution in [1.29, 1.82) is 0 Å². The first kappa shape index (κ1) is 17.5. The SMILES string of the molecule is CC(C)N(Cc1ccccc1)C(=O)COc1cccc([N+](=O)[O-])c1. The predicted molar refractivity (Wildman–Crippen MR) is 90.7 cm³/mol. The monoisotopic (exact) mass is 328 g/mol. The second-order valence-electron chi connectivity index (χ2n) is 5.64. The minimum Gasteiger partial charge on any atom is -0.484 e. The van der Waals surface area contributed by atoms with Gasteiger partial charge in [-0.1, -0.05) is 36.4 Å². The summed E-state index contributed by atoms with van der Waals surface area (Å²) in [5.41, 5.74) is 0.972. The number of carbonyl (C=O) groups is 1. The average molecular weight is 328 g/mol. The summed E-state index contributed by atoms with van der Waals surface area (Å²) in [6, 6.07) is 15.5. The number of nitro groups is 1. The molecule has 6 nitrogen and oxygen atoms in total. The molecule has 0 aliphatic heterocycles. The Labute approximate surface area is 140 Å². The third-order valence-corrected chi connectivity index (χ3v) is 3.53. The van der Waals surface area contributed by atoms with Gasteiger partial charge in [0.25, 0.3) is 11.6 Å². The second-order valence-corrected chi connectivity index (χ2v) is 5.64. The Morgan fingerprint density at radius 3 is 2.50 bits per heavy atom. The van der Waals surface area contributed by atoms with Crippen LogP contribution in [0.5, 0.6) is 5.75 Å². The van der Waals surface area contributed by atoms with E-state index in [1.54, 1.807) is 11.0 Å². The molecule has 0 heterocycles. The molecule has 0 N–H and O–H groups in total. The van der Waals surface area contributed by atoms with Crippen molar-refractivity contribution in [3.8, 4) is 5.75 Å². The van der Waals surface area contributed by atoms with Gasteiger partial charge >= 0.3 is 0 Å². The Morgan fingerprint density at radius 1 is 1.17 bits per heavy atom. The van der Waals surface area contributed by atoms with Gasteiger partial charge in [0.05, 0.1) is 11.0 Å². The molecule has 0 unspecified atom stereocenters. The van der Waals surface area contributed by atoms with E-state index in [2.05, 4.69) is 0 Å². The molecule has 0 atom stereocenters. The number of amides is 1. The highest BCUT2D eigenvalue weighted by Crippen LogP contribution is 2.19. The number of benzene rings is 2. The fourth-order valence-corrected chi connectivity index (χ4v) is 2.25. The summed E-state index contributed by atoms with van der Waals surface area (Å²) in [5, 5.41) is 10.8. The number of rotatable bonds is 7. The van der Waals surface area contributed by atoms with Crippen LogP contribution in [-0.2, 0) is 11.3 Å². The van der Waals surface area contributed by atoms with Gasteiger partial charge < -0.3 is 9.64 Å². The van der Waals surface area contributed by atoms with Gasteiger partial charge in [-0.2, -0.15) is 0 Å². The van der Waals surface area contributed by atoms with Crippen LogP contribution in [0.3, 0.4) is 0 Å². The van der Waals surface area contributed by atoms with E-state index >= 15 is 0 Å². The standard InChI is InChI=1S/C18H20N2O4/c1-14(2)19(12-15-7-4-3-5-8-15)18(21)13-24-17-10-6-9-16(11-17)20(22)23/h3-11,14H,12-13H2,1-2H3. The molecule has 2 aromatic rings. The van der Waals surface area contributed by atoms with Gasteiger partial charge in [0.1, 0.15) is 5.75 Å². The number of ether oxygens (including phenoxy) is 1. The van der Waals surface area contributed by atoms with Gasteiger partial charge in [-0.3, -0.25) is 14.9 Å². The Morgan fingerprint density at radius 2 is 1.88 bits per heavy atom. The van der Waals surface area contributed by atoms with Gasteiger partial charge in [-0.15, -0.1) is 0 Å². The maximum absolute atomic E-state index is 12.4. The summed E-state index contributed by atoms with van der Waals surface area (Å²) >= 11 is 0. The van der Waals surface area contributed by atoms with Gasteiger partial charge in [-0.25, -0.2) is 0 Å². The molecule has 1 amide bonds. The molecule has 0 saturated carbocycles. The molecular formula is C18H20N2O4. The Hall–Kier alpha value is -2.89. The van der Waals surface area contributed by atoms with Gasteiger partial charge in [-0.05, 0) is 25.5 Å². The fraction of sp³-hybridized carbons (Fsp3) is 0.278. The zero-order chi connectivity index (χ0) is 17.5. The van der Waals surface area contributed by atoms with Crippen molar-refractivity contribution in [1.82, 2.24) is 4.90 Å². The van der Waals surface area contributed by atoms with E-state index in [0.29, 0.717) is 12.3 Å². The molecule has 2 aromatic carbocycles. The average Bonchev–Trinajstić information content (AvgIpc) is 2.58. The fourth-order valence-electron chi connectivity index (χ4n) is 2.25. The lowest BCUT2D eigenvalue weighted by Crippen LogP contribution is -2.39. The summed E-state index contributed by atoms with van der Waals surface area (Å²) in [5.74, 6) is 0.140. The molecule has 6 heteroatoms. The first-order chi connectivity index (χ1) is 11.5. The smallest absolute Gasteiger partial charge is 0.273 e. The number of nitrogens with zero attached hydrogens (tertiary/aromatic N) is 2. The van der Waals surface area contributed by atoms with Crippen LogP contribution in [0.1, 0.15) is 19.4 Å². The van der Waals surface area contributed by atoms with E-state index in [-0.39, 0.29) is 24.2 Å². The van der Waals surface area contributed by atoms with Crippen molar-refractivity contribution in [3.05, 3.63) is 70.3 Å². The minimum atomic E-state index is -0.496. The van der Waals surface area contributed by atoms with Crippen molar-refractivity contribution in [2.75, 3.05) is 6.61 Å². The van der Waals surface area contributed by atoms with Crippen LogP contribution in [-0.4, -0.2) is 28.4 Å². The highest BCUT2D eigenvalue weighted by molar-refractivity contribution is 5.78. The summed E-state index contributed by atoms with van der Waals surface area (Å²) in [6.45, 7) is 4.21. The molecule has 2 rings (SSSR count). The predicted octanol–water partition coefficient (Wildman–Crippen LogP) is 3.41. The van der Waals surface area contributed by atoms with E-state index < -0.39 is 4.92 Å². The third kappa shape index (κ3) is 4.81. The maximum Gasteiger partial charge on any atom is 0.273 e. The lowest BCUT2D eigenvalue weighted by molar-refractivity contribution is -0.384. The molecule has 126 valence electrons. The Bertz CT molecular complexity index is 701. The number of carbonyl (C=O) groups excluding carboxylic acids is 1. The molecule has 0 saturated heterocycles. The van der Waals surface area contributed by atoms with Crippen molar-refractivity contribution in [3.63, 3.8) is 0 Å². The molecule has 0 radical (unpaired) electrons. The quantitative estimate of drug-likeness (QED) is 0.577. The Kier molecular flexibility index (Phi) is 5.89. The van der Waals surface area contributed by atoms with Crippen molar-refractivity contribution in [2.24, 2.45) is 0 Å². The van der Waals surface area contributed by atoms with E-state index in [1.165, 1.54) is 18.2 Å². The molecule has 0 aliphatic rings. The van der Waals surface area contributed by atoms with Crippen molar-refractivity contribution < 1.29 is 14.5 Å². The van der Waals surface area contributed by atoms with Crippen LogP contribution in [0.25, 0.3) is 0 Å². The molecule has 0 fully saturated rings. The lowest BCUT2D eigenvalue weighted by Gasteiger charge is -2.27. The van der Waals surface area contributed by atoms with Crippen LogP contribution in [0.15, 0.2) is 54.6 Å². The van der Waals surface area contributed by atoms with Crippen molar-refractivity contribution in [2.45, 2.75) is 26.4 Å². The number of hydrogen-bond donors (Lipinski definition) is 0. The van der Waals surface area contributed by atoms with Crippen LogP contribution in [0.4, 0.5) is 5.69 Å². The van der Waals surface area contributed by atoms with Crippen LogP contribution in [0, 0.1) is 10.1 Å². The lowest BCUT2D eigenvalue weighted by atomic mass is 10.2. The molecule has 0 aliphatic carbocycles. The summed E-state index contributed by atoms with van der Waals surface area (Å²) in [7, 11) is 0. The minimum absolute atomic E-state index is 0.0198. The van der Waals surface area contributed by atoms with E-state index in [1.807, 2.05) is 44.2 Å². The third-order valence-electron chi connectivity index (χ3n) is 3.53. The zero-order valence-electron chi connectivity index (χ0n) is 13.7. The molecule has 24 heavy (non-hydrogen) atoms. The molecule has 0 aromatic heterocycles. The first-order valence-corrected chi connectivity index (χ1v) is 7.68. The number of nitro benzene ring substituents is 1. The van der Waals surface area contributed by atoms with Crippen molar-refractivity contribution >= 4 is 11.6 Å². The summed E-state index contributed by atoms with van der Waals surface area (Å²) in [4.78, 5) is 24.4. The summed E-state index contributed by atoms with van der Waals surface area (Å²) in [6.07, 6.45) is 0. The van der Waals surface area contributed by atoms with Crippen LogP contribution >= 0.6 is 0 Å². The summed E-state index contributed by atoms with van der Waals surface area (Å²) < 4.78 is 5.43. The second kappa shape index (κ2) is 8.10. The normalized spacial score (nSPS) is 10.5. The van der Waals surface area contributed by atoms with Crippen LogP contribution < -0.4 is 4.74 Å². The molecular weight excluding hydrogens is 308 g/mol. The zero-order valence-corrected chi connectivity index (χ0v) is 13.7. The van der Waals surface area contributed by atoms with Gasteiger partial charge in [0.15, 0.2) is 6.61 Å². The Balaban J connectivity index is 2.00. The van der Waals surface area contributed by atoms with E-state index in [0.717, 1.165) is 5.56 Å². The van der Waals surface area contributed by atoms with E-state index in [9.17, 15) is 14.9 Å². The number of non-ortho nitro benzene ring substituents is 1. The molecule has 0 spiro atoms. The van der Waals surface area contributed by atoms with Gasteiger partial charge in [0.2, 0.25) is 0 Å². The highest BCUT2D eigenvalue weighted by Gasteiger charge is 2.18. The van der Waals surface area contributed by atoms with Crippen LogP contribution in [0.2, 0.25) is 0 Å². The highest BCUT2D eigenvalue weighted by atomic mass is 16.6. The molecule has 0 bridgehead atoms. The van der Waals surface area contributed by atoms with E-state index in [4.69, 9.17) is 4.74 Å². The maximum atomic E-state index is 12.4. The largest absolute Gasteiger partial charge is 0.484 e. The first-order valence-electron chi connectivity index (χ1n) is 7.68. The van der Waals surface area contributed by atoms with Gasteiger partial charge in [0, 0.05) is 18.7 Å².